The second-order valence-electron chi connectivity index (χ2n) is 3.75. The zero-order valence-electron chi connectivity index (χ0n) is 7.98. The second-order valence-corrected chi connectivity index (χ2v) is 6.27. The number of carbonyl (C=O) groups excluding carboxylic acids is 1. The van der Waals surface area contributed by atoms with Crippen LogP contribution in [0.25, 0.3) is 0 Å². The van der Waals surface area contributed by atoms with E-state index in [4.69, 9.17) is 0 Å². The predicted octanol–water partition coefficient (Wildman–Crippen LogP) is 3.83. The first-order valence-corrected chi connectivity index (χ1v) is 6.68. The van der Waals surface area contributed by atoms with Gasteiger partial charge in [0, 0.05) is 11.2 Å². The van der Waals surface area contributed by atoms with Crippen LogP contribution in [-0.4, -0.2) is 14.9 Å². The summed E-state index contributed by atoms with van der Waals surface area (Å²) in [5, 5.41) is 0. The molecule has 0 amide bonds. The lowest BCUT2D eigenvalue weighted by Crippen LogP contribution is -2.43. The van der Waals surface area contributed by atoms with Crippen molar-refractivity contribution in [2.45, 2.75) is 54.6 Å². The van der Waals surface area contributed by atoms with Crippen molar-refractivity contribution < 1.29 is 4.79 Å². The van der Waals surface area contributed by atoms with E-state index in [9.17, 15) is 4.79 Å². The molecule has 3 heteroatoms. The van der Waals surface area contributed by atoms with Gasteiger partial charge in [0.2, 0.25) is 0 Å². The molecule has 0 spiro atoms. The summed E-state index contributed by atoms with van der Waals surface area (Å²) in [6.07, 6.45) is 6.16. The molecule has 1 rings (SSSR count). The number of alkyl halides is 2. The highest BCUT2D eigenvalue weighted by molar-refractivity contribution is 9.12. The van der Waals surface area contributed by atoms with Gasteiger partial charge in [-0.1, -0.05) is 51.6 Å². The fraction of sp³-hybridized carbons (Fsp3) is 0.900. The zero-order valence-corrected chi connectivity index (χ0v) is 11.2. The highest BCUT2D eigenvalue weighted by Gasteiger charge is 2.42. The van der Waals surface area contributed by atoms with Crippen molar-refractivity contribution in [3.05, 3.63) is 0 Å². The van der Waals surface area contributed by atoms with Crippen LogP contribution in [0.3, 0.4) is 0 Å². The van der Waals surface area contributed by atoms with Crippen molar-refractivity contribution in [3.8, 4) is 0 Å². The molecule has 1 aliphatic rings. The lowest BCUT2D eigenvalue weighted by molar-refractivity contribution is -0.121. The number of rotatable bonds is 3. The first kappa shape index (κ1) is 11.7. The molecule has 0 aliphatic heterocycles. The Labute approximate surface area is 96.9 Å². The van der Waals surface area contributed by atoms with Crippen LogP contribution in [0.5, 0.6) is 0 Å². The van der Waals surface area contributed by atoms with E-state index in [2.05, 4.69) is 38.8 Å². The van der Waals surface area contributed by atoms with Crippen LogP contribution in [-0.2, 0) is 4.79 Å². The molecule has 0 radical (unpaired) electrons. The third-order valence-corrected chi connectivity index (χ3v) is 5.93. The van der Waals surface area contributed by atoms with Crippen molar-refractivity contribution in [1.29, 1.82) is 0 Å². The number of hydrogen-bond acceptors (Lipinski definition) is 1. The molecule has 1 fully saturated rings. The zero-order chi connectivity index (χ0) is 9.90. The van der Waals surface area contributed by atoms with Crippen LogP contribution < -0.4 is 0 Å². The van der Waals surface area contributed by atoms with E-state index in [0.717, 1.165) is 19.3 Å². The quantitative estimate of drug-likeness (QED) is 0.724. The minimum Gasteiger partial charge on any atom is -0.298 e. The van der Waals surface area contributed by atoms with Crippen LogP contribution in [0.15, 0.2) is 0 Å². The standard InChI is InChI=1S/C10H16Br2O/c1-2-5-9(13)10(12)7-4-3-6-8(10)11/h8H,2-7H2,1H3. The van der Waals surface area contributed by atoms with E-state index in [0.29, 0.717) is 17.0 Å². The lowest BCUT2D eigenvalue weighted by atomic mass is 9.84. The van der Waals surface area contributed by atoms with E-state index in [-0.39, 0.29) is 4.32 Å². The number of hydrogen-bond donors (Lipinski definition) is 0. The summed E-state index contributed by atoms with van der Waals surface area (Å²) in [5.74, 6) is 0.372. The lowest BCUT2D eigenvalue weighted by Gasteiger charge is -2.35. The Hall–Kier alpha value is 0.630. The summed E-state index contributed by atoms with van der Waals surface area (Å²) in [6.45, 7) is 2.06. The van der Waals surface area contributed by atoms with Gasteiger partial charge < -0.3 is 0 Å². The summed E-state index contributed by atoms with van der Waals surface area (Å²) in [7, 11) is 0. The van der Waals surface area contributed by atoms with Gasteiger partial charge in [0.05, 0.1) is 4.32 Å². The van der Waals surface area contributed by atoms with Gasteiger partial charge in [0.25, 0.3) is 0 Å². The van der Waals surface area contributed by atoms with Crippen molar-refractivity contribution in [1.82, 2.24) is 0 Å². The van der Waals surface area contributed by atoms with E-state index >= 15 is 0 Å². The molecule has 2 atom stereocenters. The first-order chi connectivity index (χ1) is 6.11. The van der Waals surface area contributed by atoms with Crippen molar-refractivity contribution in [2.24, 2.45) is 0 Å². The molecule has 1 saturated carbocycles. The summed E-state index contributed by atoms with van der Waals surface area (Å²) in [4.78, 5) is 12.2. The monoisotopic (exact) mass is 310 g/mol. The molecule has 2 unspecified atom stereocenters. The summed E-state index contributed by atoms with van der Waals surface area (Å²) in [5.41, 5.74) is 0. The fourth-order valence-electron chi connectivity index (χ4n) is 1.84. The van der Waals surface area contributed by atoms with Gasteiger partial charge in [-0.05, 0) is 19.3 Å². The van der Waals surface area contributed by atoms with Gasteiger partial charge >= 0.3 is 0 Å². The molecule has 0 saturated heterocycles. The van der Waals surface area contributed by atoms with Gasteiger partial charge in [0.1, 0.15) is 0 Å². The number of ketones is 1. The molecule has 76 valence electrons. The normalized spacial score (nSPS) is 34.5. The Balaban J connectivity index is 2.65. The van der Waals surface area contributed by atoms with E-state index in [1.807, 2.05) is 0 Å². The Kier molecular flexibility index (Phi) is 4.43. The third-order valence-electron chi connectivity index (χ3n) is 2.69. The van der Waals surface area contributed by atoms with Gasteiger partial charge in [-0.3, -0.25) is 4.79 Å². The smallest absolute Gasteiger partial charge is 0.150 e. The van der Waals surface area contributed by atoms with Gasteiger partial charge in [-0.25, -0.2) is 0 Å². The molecule has 0 bridgehead atoms. The number of carbonyl (C=O) groups is 1. The van der Waals surface area contributed by atoms with E-state index in [1.165, 1.54) is 12.8 Å². The molecule has 13 heavy (non-hydrogen) atoms. The number of Topliss-reactive ketones (excluding diaryl/α,β-unsaturated/α-hetero) is 1. The molecule has 0 aromatic rings. The van der Waals surface area contributed by atoms with E-state index in [1.54, 1.807) is 0 Å². The van der Waals surface area contributed by atoms with Gasteiger partial charge in [0.15, 0.2) is 5.78 Å². The molecular formula is C10H16Br2O. The summed E-state index contributed by atoms with van der Waals surface area (Å²) >= 11 is 7.24. The molecule has 0 aromatic carbocycles. The maximum atomic E-state index is 11.9. The van der Waals surface area contributed by atoms with Crippen molar-refractivity contribution >= 4 is 37.6 Å². The SMILES string of the molecule is CCCC(=O)C1(Br)CCCCC1Br. The van der Waals surface area contributed by atoms with Gasteiger partial charge in [-0.2, -0.15) is 0 Å². The Morgan fingerprint density at radius 1 is 1.54 bits per heavy atom. The average molecular weight is 312 g/mol. The van der Waals surface area contributed by atoms with Crippen LogP contribution in [0.4, 0.5) is 0 Å². The molecule has 1 aliphatic carbocycles. The van der Waals surface area contributed by atoms with Crippen molar-refractivity contribution in [2.75, 3.05) is 0 Å². The second kappa shape index (κ2) is 4.92. The Bertz CT molecular complexity index is 193. The van der Waals surface area contributed by atoms with Gasteiger partial charge in [-0.15, -0.1) is 0 Å². The Morgan fingerprint density at radius 3 is 2.77 bits per heavy atom. The summed E-state index contributed by atoms with van der Waals surface area (Å²) < 4.78 is -0.263. The van der Waals surface area contributed by atoms with Crippen LogP contribution in [0, 0.1) is 0 Å². The molecular weight excluding hydrogens is 296 g/mol. The highest BCUT2D eigenvalue weighted by Crippen LogP contribution is 2.41. The maximum absolute atomic E-state index is 11.9. The predicted molar refractivity (Wildman–Crippen MR) is 62.8 cm³/mol. The average Bonchev–Trinajstić information content (AvgIpc) is 2.11. The third kappa shape index (κ3) is 2.56. The van der Waals surface area contributed by atoms with E-state index < -0.39 is 0 Å². The highest BCUT2D eigenvalue weighted by atomic mass is 79.9. The maximum Gasteiger partial charge on any atom is 0.150 e. The molecule has 1 nitrogen and oxygen atoms in total. The molecule has 0 aromatic heterocycles. The number of halogens is 2. The largest absolute Gasteiger partial charge is 0.298 e. The summed E-state index contributed by atoms with van der Waals surface area (Å²) in [6, 6.07) is 0. The van der Waals surface area contributed by atoms with Crippen molar-refractivity contribution in [3.63, 3.8) is 0 Å². The van der Waals surface area contributed by atoms with Crippen LogP contribution in [0.1, 0.15) is 45.4 Å². The van der Waals surface area contributed by atoms with Crippen LogP contribution >= 0.6 is 31.9 Å². The molecule has 0 N–H and O–H groups in total. The topological polar surface area (TPSA) is 17.1 Å². The molecule has 0 heterocycles. The Morgan fingerprint density at radius 2 is 2.23 bits per heavy atom. The fourth-order valence-corrected chi connectivity index (χ4v) is 3.36. The van der Waals surface area contributed by atoms with Crippen LogP contribution in [0.2, 0.25) is 0 Å². The minimum absolute atomic E-state index is 0.263. The minimum atomic E-state index is -0.263. The first-order valence-electron chi connectivity index (χ1n) is 4.97.